The molecule has 0 radical (unpaired) electrons. The molecule has 0 aliphatic carbocycles. The van der Waals surface area contributed by atoms with Gasteiger partial charge in [-0.3, -0.25) is 9.59 Å². The summed E-state index contributed by atoms with van der Waals surface area (Å²) in [4.78, 5) is 29.7. The van der Waals surface area contributed by atoms with Crippen LogP contribution < -0.4 is 15.2 Å². The highest BCUT2D eigenvalue weighted by Gasteiger charge is 2.34. The molecule has 2 aliphatic heterocycles. The minimum Gasteiger partial charge on any atom is -0.497 e. The number of amides is 2. The topological polar surface area (TPSA) is 85.1 Å². The Labute approximate surface area is 178 Å². The van der Waals surface area contributed by atoms with E-state index in [0.29, 0.717) is 49.5 Å². The van der Waals surface area contributed by atoms with E-state index in [2.05, 4.69) is 0 Å². The van der Waals surface area contributed by atoms with Crippen molar-refractivity contribution in [1.29, 1.82) is 0 Å². The molecule has 1 aromatic carbocycles. The van der Waals surface area contributed by atoms with E-state index in [1.807, 2.05) is 9.80 Å². The molecule has 0 saturated carbocycles. The smallest absolute Gasteiger partial charge is 0.254 e. The number of halogens is 1. The van der Waals surface area contributed by atoms with Crippen LogP contribution in [-0.4, -0.2) is 68.1 Å². The predicted octanol–water partition coefficient (Wildman–Crippen LogP) is 2.32. The molecule has 1 atom stereocenters. The molecule has 1 unspecified atom stereocenters. The summed E-state index contributed by atoms with van der Waals surface area (Å²) in [6, 6.07) is 5.36. The van der Waals surface area contributed by atoms with Crippen molar-refractivity contribution in [2.45, 2.75) is 38.1 Å². The Bertz CT molecular complexity index is 685. The van der Waals surface area contributed by atoms with Crippen LogP contribution in [0, 0.1) is 5.92 Å². The number of carbonyl (C=O) groups excluding carboxylic acids is 2. The molecule has 2 amide bonds. The molecule has 2 aliphatic rings. The van der Waals surface area contributed by atoms with Gasteiger partial charge in [0.05, 0.1) is 14.2 Å². The van der Waals surface area contributed by atoms with E-state index < -0.39 is 0 Å². The Morgan fingerprint density at radius 1 is 1.00 bits per heavy atom. The molecule has 0 spiro atoms. The van der Waals surface area contributed by atoms with Crippen molar-refractivity contribution in [2.24, 2.45) is 11.7 Å². The highest BCUT2D eigenvalue weighted by atomic mass is 35.5. The van der Waals surface area contributed by atoms with Crippen molar-refractivity contribution < 1.29 is 19.1 Å². The summed E-state index contributed by atoms with van der Waals surface area (Å²) >= 11 is 0. The Morgan fingerprint density at radius 3 is 2.17 bits per heavy atom. The number of likely N-dealkylation sites (tertiary alicyclic amines) is 2. The highest BCUT2D eigenvalue weighted by Crippen LogP contribution is 2.27. The van der Waals surface area contributed by atoms with Gasteiger partial charge in [0.2, 0.25) is 5.91 Å². The fraction of sp³-hybridized carbons (Fsp3) is 0.619. The van der Waals surface area contributed by atoms with E-state index >= 15 is 0 Å². The number of methoxy groups -OCH3 is 2. The second-order valence-electron chi connectivity index (χ2n) is 7.58. The second kappa shape index (κ2) is 10.7. The standard InChI is InChI=1S/C21H31N3O4.ClH/c1-27-18-11-16(12-19(13-18)28-2)20(25)23-9-6-15(7-10-23)21(26)24-8-4-3-5-17(24)14-22;/h11-13,15,17H,3-10,14,22H2,1-2H3;1H. The van der Waals surface area contributed by atoms with E-state index in [1.54, 1.807) is 32.4 Å². The fourth-order valence-electron chi connectivity index (χ4n) is 4.21. The Kier molecular flexibility index (Phi) is 8.59. The molecule has 2 fully saturated rings. The third kappa shape index (κ3) is 5.34. The zero-order valence-corrected chi connectivity index (χ0v) is 18.1. The molecule has 3 rings (SSSR count). The predicted molar refractivity (Wildman–Crippen MR) is 114 cm³/mol. The van der Waals surface area contributed by atoms with Crippen LogP contribution in [0.3, 0.4) is 0 Å². The summed E-state index contributed by atoms with van der Waals surface area (Å²) in [5, 5.41) is 0. The molecule has 7 nitrogen and oxygen atoms in total. The van der Waals surface area contributed by atoms with Gasteiger partial charge in [-0.25, -0.2) is 0 Å². The summed E-state index contributed by atoms with van der Waals surface area (Å²) in [7, 11) is 3.13. The molecular weight excluding hydrogens is 394 g/mol. The van der Waals surface area contributed by atoms with Crippen LogP contribution >= 0.6 is 12.4 Å². The molecular formula is C21H32ClN3O4. The highest BCUT2D eigenvalue weighted by molar-refractivity contribution is 5.95. The maximum Gasteiger partial charge on any atom is 0.254 e. The second-order valence-corrected chi connectivity index (χ2v) is 7.58. The zero-order chi connectivity index (χ0) is 20.1. The van der Waals surface area contributed by atoms with E-state index in [4.69, 9.17) is 15.2 Å². The van der Waals surface area contributed by atoms with Gasteiger partial charge in [0.1, 0.15) is 11.5 Å². The van der Waals surface area contributed by atoms with Crippen LogP contribution in [0.2, 0.25) is 0 Å². The fourth-order valence-corrected chi connectivity index (χ4v) is 4.21. The lowest BCUT2D eigenvalue weighted by Gasteiger charge is -2.39. The van der Waals surface area contributed by atoms with Gasteiger partial charge in [-0.1, -0.05) is 0 Å². The largest absolute Gasteiger partial charge is 0.497 e. The number of ether oxygens (including phenoxy) is 2. The molecule has 162 valence electrons. The van der Waals surface area contributed by atoms with Gasteiger partial charge in [0, 0.05) is 49.8 Å². The summed E-state index contributed by atoms with van der Waals surface area (Å²) in [5.74, 6) is 1.32. The Balaban J connectivity index is 0.00000300. The quantitative estimate of drug-likeness (QED) is 0.782. The van der Waals surface area contributed by atoms with Crippen molar-refractivity contribution in [3.05, 3.63) is 23.8 Å². The van der Waals surface area contributed by atoms with Gasteiger partial charge < -0.3 is 25.0 Å². The van der Waals surface area contributed by atoms with Gasteiger partial charge in [-0.15, -0.1) is 12.4 Å². The summed E-state index contributed by atoms with van der Waals surface area (Å²) < 4.78 is 10.5. The minimum absolute atomic E-state index is 0. The van der Waals surface area contributed by atoms with Gasteiger partial charge >= 0.3 is 0 Å². The van der Waals surface area contributed by atoms with Crippen LogP contribution in [0.4, 0.5) is 0 Å². The number of piperidine rings is 2. The number of carbonyl (C=O) groups is 2. The summed E-state index contributed by atoms with van der Waals surface area (Å²) in [5.41, 5.74) is 6.41. The molecule has 2 N–H and O–H groups in total. The van der Waals surface area contributed by atoms with Gasteiger partial charge in [-0.2, -0.15) is 0 Å². The molecule has 2 heterocycles. The normalized spacial score (nSPS) is 20.0. The number of hydrogen-bond acceptors (Lipinski definition) is 5. The van der Waals surface area contributed by atoms with E-state index in [-0.39, 0.29) is 36.2 Å². The lowest BCUT2D eigenvalue weighted by atomic mass is 9.92. The van der Waals surface area contributed by atoms with Crippen LogP contribution in [-0.2, 0) is 4.79 Å². The van der Waals surface area contributed by atoms with E-state index in [0.717, 1.165) is 25.8 Å². The SMILES string of the molecule is COc1cc(OC)cc(C(=O)N2CCC(C(=O)N3CCCCC3CN)CC2)c1.Cl. The van der Waals surface area contributed by atoms with Crippen LogP contribution in [0.5, 0.6) is 11.5 Å². The van der Waals surface area contributed by atoms with Crippen LogP contribution in [0.1, 0.15) is 42.5 Å². The lowest BCUT2D eigenvalue weighted by molar-refractivity contribution is -0.140. The molecule has 29 heavy (non-hydrogen) atoms. The third-order valence-electron chi connectivity index (χ3n) is 5.91. The molecule has 2 saturated heterocycles. The van der Waals surface area contributed by atoms with Crippen molar-refractivity contribution >= 4 is 24.2 Å². The molecule has 0 bridgehead atoms. The van der Waals surface area contributed by atoms with Crippen molar-refractivity contribution in [3.63, 3.8) is 0 Å². The maximum atomic E-state index is 13.0. The number of nitrogens with two attached hydrogens (primary N) is 1. The molecule has 8 heteroatoms. The van der Waals surface area contributed by atoms with Crippen molar-refractivity contribution in [1.82, 2.24) is 9.80 Å². The lowest BCUT2D eigenvalue weighted by Crippen LogP contribution is -2.51. The molecule has 0 aromatic heterocycles. The van der Waals surface area contributed by atoms with Gasteiger partial charge in [0.25, 0.3) is 5.91 Å². The monoisotopic (exact) mass is 425 g/mol. The summed E-state index contributed by atoms with van der Waals surface area (Å²) in [6.07, 6.45) is 4.58. The zero-order valence-electron chi connectivity index (χ0n) is 17.3. The Hall–Kier alpha value is -1.99. The van der Waals surface area contributed by atoms with E-state index in [9.17, 15) is 9.59 Å². The van der Waals surface area contributed by atoms with Gasteiger partial charge in [0.15, 0.2) is 0 Å². The van der Waals surface area contributed by atoms with Crippen molar-refractivity contribution in [3.8, 4) is 11.5 Å². The first-order valence-corrected chi connectivity index (χ1v) is 10.1. The first-order chi connectivity index (χ1) is 13.6. The molecule has 1 aromatic rings. The average molecular weight is 426 g/mol. The Morgan fingerprint density at radius 2 is 1.62 bits per heavy atom. The van der Waals surface area contributed by atoms with E-state index in [1.165, 1.54) is 0 Å². The number of rotatable bonds is 5. The number of nitrogens with zero attached hydrogens (tertiary/aromatic N) is 2. The van der Waals surface area contributed by atoms with Crippen molar-refractivity contribution in [2.75, 3.05) is 40.4 Å². The van der Waals surface area contributed by atoms with Crippen LogP contribution in [0.25, 0.3) is 0 Å². The van der Waals surface area contributed by atoms with Gasteiger partial charge in [-0.05, 0) is 44.2 Å². The third-order valence-corrected chi connectivity index (χ3v) is 5.91. The summed E-state index contributed by atoms with van der Waals surface area (Å²) in [6.45, 7) is 2.50. The minimum atomic E-state index is -0.0547. The maximum absolute atomic E-state index is 13.0. The first kappa shape index (κ1) is 23.3. The first-order valence-electron chi connectivity index (χ1n) is 10.1. The number of hydrogen-bond donors (Lipinski definition) is 1. The average Bonchev–Trinajstić information content (AvgIpc) is 2.77. The van der Waals surface area contributed by atoms with Crippen LogP contribution in [0.15, 0.2) is 18.2 Å². The number of benzene rings is 1.